The summed E-state index contributed by atoms with van der Waals surface area (Å²) in [5, 5.41) is 2.31. The molecule has 0 saturated carbocycles. The Morgan fingerprint density at radius 3 is 2.50 bits per heavy atom. The summed E-state index contributed by atoms with van der Waals surface area (Å²) in [7, 11) is 0. The molecule has 1 atom stereocenters. The largest absolute Gasteiger partial charge is 0.453 e. The topological polar surface area (TPSA) is 72.5 Å². The Bertz CT molecular complexity index is 840. The predicted molar refractivity (Wildman–Crippen MR) is 93.4 cm³/mol. The second kappa shape index (κ2) is 8.86. The van der Waals surface area contributed by atoms with E-state index < -0.39 is 29.6 Å². The first-order chi connectivity index (χ1) is 12.3. The van der Waals surface area contributed by atoms with Crippen LogP contribution in [0.5, 0.6) is 0 Å². The van der Waals surface area contributed by atoms with E-state index in [1.165, 1.54) is 13.0 Å². The van der Waals surface area contributed by atoms with E-state index in [-0.39, 0.29) is 24.3 Å². The minimum absolute atomic E-state index is 0.0292. The Kier molecular flexibility index (Phi) is 6.82. The molecule has 2 aromatic rings. The van der Waals surface area contributed by atoms with Gasteiger partial charge in [-0.05, 0) is 31.2 Å². The van der Waals surface area contributed by atoms with Gasteiger partial charge in [0.2, 0.25) is 0 Å². The molecular weight excluding hydrogens is 388 g/mol. The molecule has 1 N–H and O–H groups in total. The van der Waals surface area contributed by atoms with E-state index in [0.717, 1.165) is 23.5 Å². The molecule has 0 radical (unpaired) electrons. The molecule has 1 aromatic heterocycles. The van der Waals surface area contributed by atoms with Crippen LogP contribution >= 0.6 is 22.9 Å². The summed E-state index contributed by atoms with van der Waals surface area (Å²) < 4.78 is 31.4. The van der Waals surface area contributed by atoms with Crippen LogP contribution in [-0.4, -0.2) is 23.8 Å². The average Bonchev–Trinajstić information content (AvgIpc) is 3.02. The zero-order valence-electron chi connectivity index (χ0n) is 13.6. The second-order valence-electron chi connectivity index (χ2n) is 5.28. The van der Waals surface area contributed by atoms with Gasteiger partial charge in [0.1, 0.15) is 0 Å². The number of carbonyl (C=O) groups excluding carboxylic acids is 3. The van der Waals surface area contributed by atoms with Gasteiger partial charge in [-0.25, -0.2) is 8.78 Å². The fourth-order valence-electron chi connectivity index (χ4n) is 1.93. The van der Waals surface area contributed by atoms with Crippen LogP contribution in [0, 0.1) is 11.6 Å². The average molecular weight is 402 g/mol. The number of Topliss-reactive ketones (excluding diaryl/α,β-unsaturated/α-hetero) is 1. The number of amides is 1. The summed E-state index contributed by atoms with van der Waals surface area (Å²) in [4.78, 5) is 36.0. The van der Waals surface area contributed by atoms with Crippen molar-refractivity contribution in [2.24, 2.45) is 0 Å². The van der Waals surface area contributed by atoms with E-state index in [9.17, 15) is 23.2 Å². The number of halogens is 3. The molecule has 0 aliphatic rings. The number of thiophene rings is 1. The number of ketones is 1. The van der Waals surface area contributed by atoms with Gasteiger partial charge in [0.05, 0.1) is 15.6 Å². The predicted octanol–water partition coefficient (Wildman–Crippen LogP) is 4.21. The Morgan fingerprint density at radius 2 is 1.88 bits per heavy atom. The van der Waals surface area contributed by atoms with Crippen molar-refractivity contribution in [1.82, 2.24) is 0 Å². The van der Waals surface area contributed by atoms with Crippen molar-refractivity contribution < 1.29 is 27.9 Å². The van der Waals surface area contributed by atoms with Crippen LogP contribution in [0.4, 0.5) is 14.5 Å². The lowest BCUT2D eigenvalue weighted by molar-refractivity contribution is -0.153. The van der Waals surface area contributed by atoms with Crippen molar-refractivity contribution in [1.29, 1.82) is 0 Å². The molecule has 0 spiro atoms. The van der Waals surface area contributed by atoms with Crippen molar-refractivity contribution >= 4 is 46.3 Å². The Balaban J connectivity index is 1.81. The molecule has 138 valence electrons. The monoisotopic (exact) mass is 401 g/mol. The number of carbonyl (C=O) groups is 3. The summed E-state index contributed by atoms with van der Waals surface area (Å²) in [5.74, 6) is -3.84. The fourth-order valence-corrected chi connectivity index (χ4v) is 2.94. The maximum absolute atomic E-state index is 13.1. The lowest BCUT2D eigenvalue weighted by atomic mass is 10.2. The van der Waals surface area contributed by atoms with E-state index in [4.69, 9.17) is 16.3 Å². The van der Waals surface area contributed by atoms with Crippen LogP contribution in [0.3, 0.4) is 0 Å². The fraction of sp³-hybridized carbons (Fsp3) is 0.235. The third-order valence-corrected chi connectivity index (χ3v) is 4.54. The number of esters is 1. The SMILES string of the molecule is C[C@H](OC(=O)CCC(=O)c1ccc(Cl)s1)C(=O)Nc1ccc(F)c(F)c1. The normalized spacial score (nSPS) is 11.7. The van der Waals surface area contributed by atoms with E-state index in [1.54, 1.807) is 12.1 Å². The molecule has 0 aliphatic carbocycles. The molecule has 0 fully saturated rings. The van der Waals surface area contributed by atoms with Crippen molar-refractivity contribution in [2.45, 2.75) is 25.9 Å². The van der Waals surface area contributed by atoms with Gasteiger partial charge in [-0.1, -0.05) is 11.6 Å². The van der Waals surface area contributed by atoms with Crippen molar-refractivity contribution in [2.75, 3.05) is 5.32 Å². The molecular formula is C17H14ClF2NO4S. The molecule has 0 bridgehead atoms. The van der Waals surface area contributed by atoms with Gasteiger partial charge in [-0.3, -0.25) is 14.4 Å². The summed E-state index contributed by atoms with van der Waals surface area (Å²) in [5.41, 5.74) is 0.0292. The van der Waals surface area contributed by atoms with Gasteiger partial charge >= 0.3 is 5.97 Å². The van der Waals surface area contributed by atoms with Gasteiger partial charge in [0.25, 0.3) is 5.91 Å². The van der Waals surface area contributed by atoms with Crippen LogP contribution in [-0.2, 0) is 14.3 Å². The third kappa shape index (κ3) is 5.60. The van der Waals surface area contributed by atoms with E-state index in [1.807, 2.05) is 0 Å². The standard InChI is InChI=1S/C17H14ClF2NO4S/c1-9(17(24)21-10-2-3-11(19)12(20)8-10)25-16(23)7-4-13(22)14-5-6-15(18)26-14/h2-3,5-6,8-9H,4,7H2,1H3,(H,21,24)/t9-/m0/s1. The Hall–Kier alpha value is -2.32. The maximum Gasteiger partial charge on any atom is 0.307 e. The van der Waals surface area contributed by atoms with E-state index in [0.29, 0.717) is 9.21 Å². The highest BCUT2D eigenvalue weighted by Crippen LogP contribution is 2.23. The number of anilines is 1. The number of ether oxygens (including phenoxy) is 1. The van der Waals surface area contributed by atoms with Crippen LogP contribution in [0.15, 0.2) is 30.3 Å². The Labute approximate surface area is 156 Å². The Morgan fingerprint density at radius 1 is 1.15 bits per heavy atom. The molecule has 0 unspecified atom stereocenters. The van der Waals surface area contributed by atoms with Crippen LogP contribution < -0.4 is 5.32 Å². The summed E-state index contributed by atoms with van der Waals surface area (Å²) >= 11 is 6.85. The van der Waals surface area contributed by atoms with E-state index >= 15 is 0 Å². The van der Waals surface area contributed by atoms with Gasteiger partial charge in [0, 0.05) is 18.2 Å². The maximum atomic E-state index is 13.1. The van der Waals surface area contributed by atoms with Gasteiger partial charge in [-0.2, -0.15) is 0 Å². The molecule has 1 aromatic carbocycles. The van der Waals surface area contributed by atoms with Crippen LogP contribution in [0.25, 0.3) is 0 Å². The molecule has 1 heterocycles. The van der Waals surface area contributed by atoms with Gasteiger partial charge < -0.3 is 10.1 Å². The highest BCUT2D eigenvalue weighted by molar-refractivity contribution is 7.18. The number of hydrogen-bond donors (Lipinski definition) is 1. The van der Waals surface area contributed by atoms with Crippen molar-refractivity contribution in [3.63, 3.8) is 0 Å². The quantitative estimate of drug-likeness (QED) is 0.557. The molecule has 0 saturated heterocycles. The molecule has 1 amide bonds. The van der Waals surface area contributed by atoms with E-state index in [2.05, 4.69) is 5.32 Å². The first-order valence-electron chi connectivity index (χ1n) is 7.50. The van der Waals surface area contributed by atoms with Crippen molar-refractivity contribution in [3.05, 3.63) is 51.2 Å². The first-order valence-corrected chi connectivity index (χ1v) is 8.69. The molecule has 2 rings (SSSR count). The smallest absolute Gasteiger partial charge is 0.307 e. The summed E-state index contributed by atoms with van der Waals surface area (Å²) in [6, 6.07) is 6.01. The molecule has 5 nitrogen and oxygen atoms in total. The summed E-state index contributed by atoms with van der Waals surface area (Å²) in [6.45, 7) is 1.33. The van der Waals surface area contributed by atoms with Crippen LogP contribution in [0.1, 0.15) is 29.4 Å². The molecule has 9 heteroatoms. The lowest BCUT2D eigenvalue weighted by Gasteiger charge is -2.13. The summed E-state index contributed by atoms with van der Waals surface area (Å²) in [6.07, 6.45) is -1.44. The zero-order valence-corrected chi connectivity index (χ0v) is 15.1. The number of benzene rings is 1. The number of rotatable bonds is 7. The van der Waals surface area contributed by atoms with Gasteiger partial charge in [0.15, 0.2) is 23.5 Å². The highest BCUT2D eigenvalue weighted by atomic mass is 35.5. The van der Waals surface area contributed by atoms with Crippen molar-refractivity contribution in [3.8, 4) is 0 Å². The number of nitrogens with one attached hydrogen (secondary N) is 1. The molecule has 26 heavy (non-hydrogen) atoms. The third-order valence-electron chi connectivity index (χ3n) is 3.27. The molecule has 0 aliphatic heterocycles. The minimum Gasteiger partial charge on any atom is -0.453 e. The minimum atomic E-state index is -1.16. The lowest BCUT2D eigenvalue weighted by Crippen LogP contribution is -2.30. The second-order valence-corrected chi connectivity index (χ2v) is 6.99. The first kappa shape index (κ1) is 20.0. The van der Waals surface area contributed by atoms with Crippen LogP contribution in [0.2, 0.25) is 4.34 Å². The number of hydrogen-bond acceptors (Lipinski definition) is 5. The van der Waals surface area contributed by atoms with Gasteiger partial charge in [-0.15, -0.1) is 11.3 Å². The highest BCUT2D eigenvalue weighted by Gasteiger charge is 2.19. The zero-order chi connectivity index (χ0) is 19.3.